The second-order valence-corrected chi connectivity index (χ2v) is 8.35. The van der Waals surface area contributed by atoms with Crippen molar-refractivity contribution in [3.8, 4) is 11.3 Å². The Kier molecular flexibility index (Phi) is 6.00. The molecular weight excluding hydrogens is 514 g/mol. The topological polar surface area (TPSA) is 90.5 Å². The quantitative estimate of drug-likeness (QED) is 0.176. The molecule has 0 spiro atoms. The van der Waals surface area contributed by atoms with Crippen LogP contribution in [0.5, 0.6) is 0 Å². The standard InChI is InChI=1S/C25H16F6N6O/c1-13-15(6-4-10-37(13)38)20-16(11-14-5-2-7-17(19(14)35-20)24(26,27)28)22(25(29,30)31)36-23-21-18(33-12-34-23)8-3-9-32-21/h2-12,22H,1H3,(H,33,34,36)/t22-/m1/s1. The van der Waals surface area contributed by atoms with Gasteiger partial charge >= 0.3 is 12.4 Å². The molecule has 0 fully saturated rings. The molecule has 0 aliphatic rings. The number of hydrogen-bond acceptors (Lipinski definition) is 6. The van der Waals surface area contributed by atoms with Crippen molar-refractivity contribution in [3.05, 3.63) is 89.3 Å². The molecule has 4 heterocycles. The first-order valence-corrected chi connectivity index (χ1v) is 11.0. The van der Waals surface area contributed by atoms with Gasteiger partial charge in [-0.2, -0.15) is 31.1 Å². The molecule has 0 radical (unpaired) electrons. The molecule has 0 bridgehead atoms. The van der Waals surface area contributed by atoms with Gasteiger partial charge in [-0.05, 0) is 30.3 Å². The van der Waals surface area contributed by atoms with E-state index < -0.39 is 40.7 Å². The van der Waals surface area contributed by atoms with Crippen molar-refractivity contribution in [2.45, 2.75) is 25.3 Å². The Morgan fingerprint density at radius 2 is 1.71 bits per heavy atom. The summed E-state index contributed by atoms with van der Waals surface area (Å²) in [6.45, 7) is 1.34. The summed E-state index contributed by atoms with van der Waals surface area (Å²) < 4.78 is 85.6. The second-order valence-electron chi connectivity index (χ2n) is 8.35. The van der Waals surface area contributed by atoms with Crippen LogP contribution in [0.1, 0.15) is 22.9 Å². The smallest absolute Gasteiger partial charge is 0.418 e. The zero-order valence-electron chi connectivity index (χ0n) is 19.3. The number of benzene rings is 1. The average molecular weight is 530 g/mol. The molecule has 1 N–H and O–H groups in total. The van der Waals surface area contributed by atoms with Crippen LogP contribution < -0.4 is 10.0 Å². The highest BCUT2D eigenvalue weighted by molar-refractivity contribution is 5.88. The number of pyridine rings is 3. The lowest BCUT2D eigenvalue weighted by Crippen LogP contribution is -2.31. The fraction of sp³-hybridized carbons (Fsp3) is 0.160. The SMILES string of the molecule is Cc1c(-c2nc3c(C(F)(F)F)cccc3cc2[C@@H](Nc2ncnc3cccnc23)C(F)(F)F)ccc[n+]1[O-]. The Hall–Kier alpha value is -4.55. The third-order valence-electron chi connectivity index (χ3n) is 5.95. The van der Waals surface area contributed by atoms with Gasteiger partial charge in [0.25, 0.3) is 0 Å². The number of alkyl halides is 6. The molecule has 7 nitrogen and oxygen atoms in total. The molecule has 194 valence electrons. The van der Waals surface area contributed by atoms with Crippen LogP contribution in [0.25, 0.3) is 33.2 Å². The maximum absolute atomic E-state index is 14.6. The third-order valence-corrected chi connectivity index (χ3v) is 5.95. The number of para-hydroxylation sites is 1. The van der Waals surface area contributed by atoms with Gasteiger partial charge in [0.05, 0.1) is 27.9 Å². The van der Waals surface area contributed by atoms with E-state index in [1.54, 1.807) is 12.1 Å². The number of nitrogens with zero attached hydrogens (tertiary/aromatic N) is 5. The van der Waals surface area contributed by atoms with E-state index in [4.69, 9.17) is 0 Å². The Labute approximate surface area is 210 Å². The largest absolute Gasteiger partial charge is 0.618 e. The fourth-order valence-electron chi connectivity index (χ4n) is 4.17. The van der Waals surface area contributed by atoms with E-state index in [-0.39, 0.29) is 33.5 Å². The number of halogens is 6. The minimum absolute atomic E-state index is 0.0415. The van der Waals surface area contributed by atoms with Gasteiger partial charge in [0.2, 0.25) is 0 Å². The molecular formula is C25H16F6N6O. The number of nitrogens with one attached hydrogen (secondary N) is 1. The summed E-state index contributed by atoms with van der Waals surface area (Å²) in [7, 11) is 0. The van der Waals surface area contributed by atoms with Crippen LogP contribution in [0, 0.1) is 12.1 Å². The van der Waals surface area contributed by atoms with Crippen molar-refractivity contribution >= 4 is 27.8 Å². The number of rotatable bonds is 4. The van der Waals surface area contributed by atoms with Gasteiger partial charge in [-0.25, -0.2) is 15.0 Å². The Balaban J connectivity index is 1.81. The van der Waals surface area contributed by atoms with Crippen LogP contribution in [-0.4, -0.2) is 26.1 Å². The normalized spacial score (nSPS) is 13.1. The third kappa shape index (κ3) is 4.51. The van der Waals surface area contributed by atoms with Crippen molar-refractivity contribution in [3.63, 3.8) is 0 Å². The predicted octanol–water partition coefficient (Wildman–Crippen LogP) is 5.92. The first-order chi connectivity index (χ1) is 17.9. The molecule has 5 aromatic rings. The Morgan fingerprint density at radius 3 is 2.45 bits per heavy atom. The van der Waals surface area contributed by atoms with Gasteiger partial charge in [0.15, 0.2) is 23.8 Å². The first kappa shape index (κ1) is 25.1. The molecule has 0 saturated heterocycles. The van der Waals surface area contributed by atoms with E-state index in [0.717, 1.165) is 30.7 Å². The van der Waals surface area contributed by atoms with Crippen LogP contribution in [0.15, 0.2) is 67.3 Å². The molecule has 0 aliphatic heterocycles. The Bertz CT molecular complexity index is 1670. The van der Waals surface area contributed by atoms with E-state index >= 15 is 0 Å². The zero-order chi connectivity index (χ0) is 27.2. The van der Waals surface area contributed by atoms with E-state index in [9.17, 15) is 31.5 Å². The molecule has 1 atom stereocenters. The first-order valence-electron chi connectivity index (χ1n) is 11.0. The maximum atomic E-state index is 14.6. The number of hydrogen-bond donors (Lipinski definition) is 1. The van der Waals surface area contributed by atoms with Crippen molar-refractivity contribution < 1.29 is 31.1 Å². The lowest BCUT2D eigenvalue weighted by Gasteiger charge is -2.25. The van der Waals surface area contributed by atoms with E-state index in [2.05, 4.69) is 25.3 Å². The van der Waals surface area contributed by atoms with Crippen molar-refractivity contribution in [2.24, 2.45) is 0 Å². The molecule has 0 aliphatic carbocycles. The monoisotopic (exact) mass is 530 g/mol. The highest BCUT2D eigenvalue weighted by Gasteiger charge is 2.44. The van der Waals surface area contributed by atoms with Gasteiger partial charge in [-0.15, -0.1) is 0 Å². The molecule has 0 unspecified atom stereocenters. The van der Waals surface area contributed by atoms with Gasteiger partial charge < -0.3 is 10.5 Å². The molecule has 13 heteroatoms. The van der Waals surface area contributed by atoms with Crippen LogP contribution in [0.3, 0.4) is 0 Å². The summed E-state index contributed by atoms with van der Waals surface area (Å²) in [5, 5.41) is 14.4. The van der Waals surface area contributed by atoms with Crippen molar-refractivity contribution in [1.29, 1.82) is 0 Å². The van der Waals surface area contributed by atoms with Crippen molar-refractivity contribution in [1.82, 2.24) is 19.9 Å². The fourth-order valence-corrected chi connectivity index (χ4v) is 4.17. The molecule has 4 aromatic heterocycles. The summed E-state index contributed by atoms with van der Waals surface area (Å²) in [4.78, 5) is 16.1. The average Bonchev–Trinajstić information content (AvgIpc) is 2.86. The zero-order valence-corrected chi connectivity index (χ0v) is 19.3. The second kappa shape index (κ2) is 9.08. The lowest BCUT2D eigenvalue weighted by atomic mass is 9.95. The highest BCUT2D eigenvalue weighted by Crippen LogP contribution is 2.43. The molecule has 0 saturated carbocycles. The summed E-state index contributed by atoms with van der Waals surface area (Å²) in [6.07, 6.45) is -6.23. The number of fused-ring (bicyclic) bond motifs is 2. The molecule has 5 rings (SSSR count). The van der Waals surface area contributed by atoms with E-state index in [0.29, 0.717) is 4.73 Å². The molecule has 1 aromatic carbocycles. The van der Waals surface area contributed by atoms with Crippen LogP contribution in [0.4, 0.5) is 32.2 Å². The minimum atomic E-state index is -4.96. The molecule has 0 amide bonds. The highest BCUT2D eigenvalue weighted by atomic mass is 19.4. The number of aromatic nitrogens is 5. The van der Waals surface area contributed by atoms with Crippen LogP contribution >= 0.6 is 0 Å². The van der Waals surface area contributed by atoms with Gasteiger partial charge in [-0.3, -0.25) is 4.98 Å². The minimum Gasteiger partial charge on any atom is -0.618 e. The van der Waals surface area contributed by atoms with Crippen molar-refractivity contribution in [2.75, 3.05) is 5.32 Å². The van der Waals surface area contributed by atoms with Gasteiger partial charge in [-0.1, -0.05) is 12.1 Å². The van der Waals surface area contributed by atoms with Crippen LogP contribution in [0.2, 0.25) is 0 Å². The van der Waals surface area contributed by atoms with E-state index in [1.807, 2.05) is 0 Å². The summed E-state index contributed by atoms with van der Waals surface area (Å²) in [6, 6.07) is 7.34. The van der Waals surface area contributed by atoms with E-state index in [1.165, 1.54) is 31.3 Å². The lowest BCUT2D eigenvalue weighted by molar-refractivity contribution is -0.611. The maximum Gasteiger partial charge on any atom is 0.418 e. The van der Waals surface area contributed by atoms with Crippen LogP contribution in [-0.2, 0) is 6.18 Å². The number of anilines is 1. The summed E-state index contributed by atoms with van der Waals surface area (Å²) in [5.74, 6) is -0.239. The van der Waals surface area contributed by atoms with Gasteiger partial charge in [0, 0.05) is 30.1 Å². The molecule has 38 heavy (non-hydrogen) atoms. The summed E-state index contributed by atoms with van der Waals surface area (Å²) >= 11 is 0. The predicted molar refractivity (Wildman–Crippen MR) is 126 cm³/mol. The van der Waals surface area contributed by atoms with Gasteiger partial charge in [0.1, 0.15) is 11.8 Å². The summed E-state index contributed by atoms with van der Waals surface area (Å²) in [5.41, 5.74) is -2.35. The Morgan fingerprint density at radius 1 is 0.921 bits per heavy atom.